The highest BCUT2D eigenvalue weighted by Gasteiger charge is 2.19. The molecule has 4 nitrogen and oxygen atoms in total. The largest absolute Gasteiger partial charge is 0.343 e. The van der Waals surface area contributed by atoms with Crippen LogP contribution in [0.15, 0.2) is 57.3 Å². The second-order valence-electron chi connectivity index (χ2n) is 7.86. The summed E-state index contributed by atoms with van der Waals surface area (Å²) in [5.41, 5.74) is 5.75. The van der Waals surface area contributed by atoms with Crippen molar-refractivity contribution in [2.45, 2.75) is 39.7 Å². The third-order valence-corrected chi connectivity index (χ3v) is 6.69. The van der Waals surface area contributed by atoms with E-state index in [0.29, 0.717) is 6.42 Å². The normalized spacial score (nSPS) is 14.7. The van der Waals surface area contributed by atoms with Crippen LogP contribution in [0.5, 0.6) is 0 Å². The number of likely N-dealkylation sites (tertiary alicyclic amines) is 1. The maximum atomic E-state index is 12.0. The summed E-state index contributed by atoms with van der Waals surface area (Å²) in [5, 5.41) is 2.18. The maximum Gasteiger partial charge on any atom is 0.222 e. The van der Waals surface area contributed by atoms with Gasteiger partial charge >= 0.3 is 0 Å². The van der Waals surface area contributed by atoms with Gasteiger partial charge in [-0.05, 0) is 62.1 Å². The first-order valence-electron chi connectivity index (χ1n) is 10.3. The van der Waals surface area contributed by atoms with Crippen LogP contribution in [0.25, 0.3) is 11.3 Å². The summed E-state index contributed by atoms with van der Waals surface area (Å²) in [6, 6.07) is 14.8. The summed E-state index contributed by atoms with van der Waals surface area (Å²) in [7, 11) is 0. The molecule has 1 saturated heterocycles. The number of halogens is 1. The Labute approximate surface area is 190 Å². The van der Waals surface area contributed by atoms with Crippen LogP contribution >= 0.6 is 27.3 Å². The molecule has 3 aromatic rings. The van der Waals surface area contributed by atoms with E-state index in [9.17, 15) is 4.79 Å². The molecular weight excluding hydrogens is 458 g/mol. The van der Waals surface area contributed by atoms with Gasteiger partial charge in [0.2, 0.25) is 5.91 Å². The predicted octanol–water partition coefficient (Wildman–Crippen LogP) is 5.84. The number of hydrogen-bond acceptors (Lipinski definition) is 3. The quantitative estimate of drug-likeness (QED) is 0.433. The van der Waals surface area contributed by atoms with E-state index < -0.39 is 0 Å². The zero-order valence-electron chi connectivity index (χ0n) is 17.4. The van der Waals surface area contributed by atoms with Gasteiger partial charge in [0.25, 0.3) is 0 Å². The minimum atomic E-state index is 0.290. The van der Waals surface area contributed by atoms with E-state index in [2.05, 4.69) is 76.1 Å². The van der Waals surface area contributed by atoms with Gasteiger partial charge < -0.3 is 9.47 Å². The van der Waals surface area contributed by atoms with E-state index >= 15 is 0 Å². The standard InChI is InChI=1S/C24H26BrN3OS/c1-17-12-18(2)14-21(13-17)26-24-28(11-5-10-27-9-4-8-23(27)29)22(16-30-24)19-6-3-7-20(25)15-19/h3,6-7,12-16H,4-5,8-11H2,1-2H3. The first kappa shape index (κ1) is 21.1. The maximum absolute atomic E-state index is 12.0. The number of hydrogen-bond donors (Lipinski definition) is 0. The van der Waals surface area contributed by atoms with Crippen LogP contribution in [0, 0.1) is 13.8 Å². The number of amides is 1. The molecule has 156 valence electrons. The lowest BCUT2D eigenvalue weighted by molar-refractivity contribution is -0.127. The molecule has 30 heavy (non-hydrogen) atoms. The molecule has 1 fully saturated rings. The van der Waals surface area contributed by atoms with Crippen LogP contribution in [0.2, 0.25) is 0 Å². The van der Waals surface area contributed by atoms with E-state index in [1.807, 2.05) is 11.0 Å². The number of rotatable bonds is 6. The van der Waals surface area contributed by atoms with Gasteiger partial charge in [0.05, 0.1) is 11.4 Å². The highest BCUT2D eigenvalue weighted by molar-refractivity contribution is 9.10. The SMILES string of the molecule is Cc1cc(C)cc(N=c2scc(-c3cccc(Br)c3)n2CCCN2CCCC2=O)c1. The summed E-state index contributed by atoms with van der Waals surface area (Å²) in [5.74, 6) is 0.290. The lowest BCUT2D eigenvalue weighted by atomic mass is 10.1. The molecule has 1 aliphatic heterocycles. The molecule has 0 N–H and O–H groups in total. The van der Waals surface area contributed by atoms with Gasteiger partial charge in [-0.25, -0.2) is 4.99 Å². The zero-order valence-corrected chi connectivity index (χ0v) is 19.8. The third kappa shape index (κ3) is 4.93. The second kappa shape index (κ2) is 9.31. The highest BCUT2D eigenvalue weighted by Crippen LogP contribution is 2.25. The second-order valence-corrected chi connectivity index (χ2v) is 9.61. The van der Waals surface area contributed by atoms with Gasteiger partial charge in [-0.1, -0.05) is 34.1 Å². The van der Waals surface area contributed by atoms with Crippen molar-refractivity contribution in [3.63, 3.8) is 0 Å². The Balaban J connectivity index is 1.68. The van der Waals surface area contributed by atoms with Gasteiger partial charge in [-0.2, -0.15) is 0 Å². The molecule has 4 rings (SSSR count). The van der Waals surface area contributed by atoms with Crippen molar-refractivity contribution in [2.75, 3.05) is 13.1 Å². The fourth-order valence-corrected chi connectivity index (χ4v) is 5.35. The van der Waals surface area contributed by atoms with Gasteiger partial charge in [0, 0.05) is 41.5 Å². The molecule has 2 heterocycles. The van der Waals surface area contributed by atoms with Crippen molar-refractivity contribution in [3.8, 4) is 11.3 Å². The Morgan fingerprint density at radius 3 is 2.60 bits per heavy atom. The molecule has 0 aliphatic carbocycles. The van der Waals surface area contributed by atoms with Gasteiger partial charge in [0.1, 0.15) is 0 Å². The third-order valence-electron chi connectivity index (χ3n) is 5.33. The van der Waals surface area contributed by atoms with Crippen LogP contribution in [-0.2, 0) is 11.3 Å². The first-order valence-corrected chi connectivity index (χ1v) is 12.0. The molecular formula is C24H26BrN3OS. The molecule has 1 aliphatic rings. The van der Waals surface area contributed by atoms with E-state index in [-0.39, 0.29) is 5.91 Å². The highest BCUT2D eigenvalue weighted by atomic mass is 79.9. The Kier molecular flexibility index (Phi) is 6.54. The molecule has 1 amide bonds. The van der Waals surface area contributed by atoms with E-state index in [4.69, 9.17) is 4.99 Å². The summed E-state index contributed by atoms with van der Waals surface area (Å²) >= 11 is 5.26. The van der Waals surface area contributed by atoms with Crippen molar-refractivity contribution in [2.24, 2.45) is 4.99 Å². The average Bonchev–Trinajstić information content (AvgIpc) is 3.27. The molecule has 0 unspecified atom stereocenters. The Morgan fingerprint density at radius 2 is 1.90 bits per heavy atom. The molecule has 0 atom stereocenters. The number of thiazole rings is 1. The van der Waals surface area contributed by atoms with Gasteiger partial charge in [-0.3, -0.25) is 4.79 Å². The lowest BCUT2D eigenvalue weighted by Gasteiger charge is -2.16. The molecule has 0 spiro atoms. The summed E-state index contributed by atoms with van der Waals surface area (Å²) in [6.07, 6.45) is 2.60. The van der Waals surface area contributed by atoms with Gasteiger partial charge in [0.15, 0.2) is 4.80 Å². The van der Waals surface area contributed by atoms with Crippen LogP contribution < -0.4 is 4.80 Å². The van der Waals surface area contributed by atoms with Gasteiger partial charge in [-0.15, -0.1) is 11.3 Å². The van der Waals surface area contributed by atoms with Crippen molar-refractivity contribution in [1.82, 2.24) is 9.47 Å². The number of aromatic nitrogens is 1. The molecule has 0 saturated carbocycles. The number of carbonyl (C=O) groups is 1. The fourth-order valence-electron chi connectivity index (χ4n) is 4.00. The van der Waals surface area contributed by atoms with Crippen LogP contribution in [0.4, 0.5) is 5.69 Å². The number of aryl methyl sites for hydroxylation is 2. The monoisotopic (exact) mass is 483 g/mol. The molecule has 2 aromatic carbocycles. The number of nitrogens with zero attached hydrogens (tertiary/aromatic N) is 3. The summed E-state index contributed by atoms with van der Waals surface area (Å²) in [4.78, 5) is 19.9. The number of benzene rings is 2. The minimum absolute atomic E-state index is 0.290. The average molecular weight is 484 g/mol. The minimum Gasteiger partial charge on any atom is -0.343 e. The Morgan fingerprint density at radius 1 is 1.10 bits per heavy atom. The van der Waals surface area contributed by atoms with Crippen LogP contribution in [0.3, 0.4) is 0 Å². The Hall–Kier alpha value is -2.18. The molecule has 1 aromatic heterocycles. The van der Waals surface area contributed by atoms with Crippen LogP contribution in [0.1, 0.15) is 30.4 Å². The van der Waals surface area contributed by atoms with E-state index in [0.717, 1.165) is 53.1 Å². The topological polar surface area (TPSA) is 37.6 Å². The van der Waals surface area contributed by atoms with Crippen molar-refractivity contribution in [3.05, 3.63) is 68.2 Å². The fraction of sp³-hybridized carbons (Fsp3) is 0.333. The molecule has 0 bridgehead atoms. The van der Waals surface area contributed by atoms with Crippen molar-refractivity contribution < 1.29 is 4.79 Å². The zero-order chi connectivity index (χ0) is 21.1. The first-order chi connectivity index (χ1) is 14.5. The Bertz CT molecular complexity index is 1110. The molecule has 6 heteroatoms. The van der Waals surface area contributed by atoms with Crippen molar-refractivity contribution in [1.29, 1.82) is 0 Å². The summed E-state index contributed by atoms with van der Waals surface area (Å²) < 4.78 is 3.36. The predicted molar refractivity (Wildman–Crippen MR) is 127 cm³/mol. The molecule has 0 radical (unpaired) electrons. The lowest BCUT2D eigenvalue weighted by Crippen LogP contribution is -2.27. The smallest absolute Gasteiger partial charge is 0.222 e. The van der Waals surface area contributed by atoms with Crippen molar-refractivity contribution >= 4 is 38.9 Å². The number of carbonyl (C=O) groups excluding carboxylic acids is 1. The summed E-state index contributed by atoms with van der Waals surface area (Å²) in [6.45, 7) is 6.75. The van der Waals surface area contributed by atoms with E-state index in [1.165, 1.54) is 16.7 Å². The van der Waals surface area contributed by atoms with E-state index in [1.54, 1.807) is 11.3 Å². The van der Waals surface area contributed by atoms with Crippen LogP contribution in [-0.4, -0.2) is 28.5 Å².